The van der Waals surface area contributed by atoms with Crippen LogP contribution in [-0.2, 0) is 4.79 Å². The minimum atomic E-state index is 0.131. The quantitative estimate of drug-likeness (QED) is 0.760. The fraction of sp³-hybridized carbons (Fsp3) is 0.300. The van der Waals surface area contributed by atoms with Gasteiger partial charge in [-0.15, -0.1) is 0 Å². The van der Waals surface area contributed by atoms with Crippen LogP contribution in [0.2, 0.25) is 0 Å². The fourth-order valence-electron chi connectivity index (χ4n) is 2.91. The number of para-hydroxylation sites is 1. The van der Waals surface area contributed by atoms with Crippen molar-refractivity contribution in [1.82, 2.24) is 4.90 Å². The molecule has 1 aliphatic rings. The summed E-state index contributed by atoms with van der Waals surface area (Å²) < 4.78 is 5.59. The summed E-state index contributed by atoms with van der Waals surface area (Å²) in [5.41, 5.74) is 1.76. The van der Waals surface area contributed by atoms with Crippen LogP contribution in [-0.4, -0.2) is 49.9 Å². The third-order valence-corrected chi connectivity index (χ3v) is 4.35. The molecule has 0 spiro atoms. The van der Waals surface area contributed by atoms with Crippen molar-refractivity contribution in [1.29, 1.82) is 0 Å². The van der Waals surface area contributed by atoms with Gasteiger partial charge in [-0.1, -0.05) is 18.2 Å². The molecule has 0 radical (unpaired) electrons. The number of nitrogens with zero attached hydrogens (tertiary/aromatic N) is 2. The summed E-state index contributed by atoms with van der Waals surface area (Å²) in [6.07, 6.45) is 1.24. The number of amides is 1. The molecule has 0 aromatic heterocycles. The number of rotatable bonds is 6. The minimum absolute atomic E-state index is 0.131. The number of hydrogen-bond acceptors (Lipinski definition) is 4. The number of piperazine rings is 1. The van der Waals surface area contributed by atoms with E-state index in [0.717, 1.165) is 30.8 Å². The van der Waals surface area contributed by atoms with Gasteiger partial charge in [-0.2, -0.15) is 0 Å². The summed E-state index contributed by atoms with van der Waals surface area (Å²) >= 11 is 0. The van der Waals surface area contributed by atoms with Crippen LogP contribution < -0.4 is 9.64 Å². The number of ether oxygens (including phenoxy) is 1. The number of carbonyl (C=O) groups excluding carboxylic acids is 2. The van der Waals surface area contributed by atoms with Crippen molar-refractivity contribution in [3.05, 3.63) is 60.2 Å². The third-order valence-electron chi connectivity index (χ3n) is 4.35. The minimum Gasteiger partial charge on any atom is -0.493 e. The van der Waals surface area contributed by atoms with Gasteiger partial charge in [0.25, 0.3) is 0 Å². The Balaban J connectivity index is 1.43. The van der Waals surface area contributed by atoms with Gasteiger partial charge in [0.15, 0.2) is 0 Å². The molecule has 2 aromatic rings. The third kappa shape index (κ3) is 4.59. The largest absolute Gasteiger partial charge is 0.493 e. The van der Waals surface area contributed by atoms with Gasteiger partial charge in [0.2, 0.25) is 5.91 Å². The van der Waals surface area contributed by atoms with Crippen molar-refractivity contribution < 1.29 is 14.3 Å². The van der Waals surface area contributed by atoms with Crippen molar-refractivity contribution in [3.63, 3.8) is 0 Å². The molecule has 0 atom stereocenters. The van der Waals surface area contributed by atoms with Crippen molar-refractivity contribution in [2.24, 2.45) is 0 Å². The van der Waals surface area contributed by atoms with E-state index >= 15 is 0 Å². The average molecular weight is 338 g/mol. The second-order valence-electron chi connectivity index (χ2n) is 5.99. The van der Waals surface area contributed by atoms with Crippen LogP contribution >= 0.6 is 0 Å². The van der Waals surface area contributed by atoms with Gasteiger partial charge in [0.1, 0.15) is 12.0 Å². The summed E-state index contributed by atoms with van der Waals surface area (Å²) in [4.78, 5) is 27.2. The highest BCUT2D eigenvalue weighted by atomic mass is 16.5. The lowest BCUT2D eigenvalue weighted by Crippen LogP contribution is -2.49. The molecule has 0 bridgehead atoms. The zero-order valence-electron chi connectivity index (χ0n) is 14.1. The molecule has 130 valence electrons. The van der Waals surface area contributed by atoms with E-state index in [1.54, 1.807) is 0 Å². The smallest absolute Gasteiger partial charge is 0.226 e. The first-order valence-electron chi connectivity index (χ1n) is 8.52. The lowest BCUT2D eigenvalue weighted by atomic mass is 10.2. The van der Waals surface area contributed by atoms with E-state index in [1.165, 1.54) is 0 Å². The molecule has 0 N–H and O–H groups in total. The Morgan fingerprint density at radius 1 is 0.960 bits per heavy atom. The van der Waals surface area contributed by atoms with Gasteiger partial charge in [-0.25, -0.2) is 0 Å². The number of hydrogen-bond donors (Lipinski definition) is 0. The van der Waals surface area contributed by atoms with Crippen molar-refractivity contribution >= 4 is 17.9 Å². The van der Waals surface area contributed by atoms with Gasteiger partial charge in [0.05, 0.1) is 13.0 Å². The highest BCUT2D eigenvalue weighted by Gasteiger charge is 2.21. The standard InChI is InChI=1S/C20H22N2O3/c23-16-17-6-8-18(9-7-17)21-11-13-22(14-12-21)20(24)10-15-25-19-4-2-1-3-5-19/h1-9,16H,10-15H2. The van der Waals surface area contributed by atoms with Gasteiger partial charge < -0.3 is 14.5 Å². The van der Waals surface area contributed by atoms with Crippen LogP contribution in [0.3, 0.4) is 0 Å². The Bertz CT molecular complexity index is 693. The number of benzene rings is 2. The molecule has 0 unspecified atom stereocenters. The molecule has 5 nitrogen and oxygen atoms in total. The molecule has 1 amide bonds. The molecule has 3 rings (SSSR count). The van der Waals surface area contributed by atoms with Crippen LogP contribution in [0.5, 0.6) is 5.75 Å². The van der Waals surface area contributed by atoms with Gasteiger partial charge >= 0.3 is 0 Å². The van der Waals surface area contributed by atoms with Crippen molar-refractivity contribution in [2.45, 2.75) is 6.42 Å². The van der Waals surface area contributed by atoms with Crippen LogP contribution in [0.15, 0.2) is 54.6 Å². The fourth-order valence-corrected chi connectivity index (χ4v) is 2.91. The lowest BCUT2D eigenvalue weighted by molar-refractivity contribution is -0.132. The van der Waals surface area contributed by atoms with E-state index < -0.39 is 0 Å². The molecule has 1 fully saturated rings. The molecular formula is C20H22N2O3. The first kappa shape index (κ1) is 17.0. The first-order chi connectivity index (χ1) is 12.3. The zero-order valence-corrected chi connectivity index (χ0v) is 14.1. The molecule has 25 heavy (non-hydrogen) atoms. The van der Waals surface area contributed by atoms with Crippen LogP contribution in [0.4, 0.5) is 5.69 Å². The molecule has 1 aliphatic heterocycles. The second-order valence-corrected chi connectivity index (χ2v) is 5.99. The predicted octanol–water partition coefficient (Wildman–Crippen LogP) is 2.62. The van der Waals surface area contributed by atoms with E-state index in [4.69, 9.17) is 4.74 Å². The molecule has 0 saturated carbocycles. The van der Waals surface area contributed by atoms with Gasteiger partial charge in [0, 0.05) is 37.4 Å². The summed E-state index contributed by atoms with van der Waals surface area (Å²) in [7, 11) is 0. The van der Waals surface area contributed by atoms with Crippen LogP contribution in [0.1, 0.15) is 16.8 Å². The Morgan fingerprint density at radius 3 is 2.28 bits per heavy atom. The SMILES string of the molecule is O=Cc1ccc(N2CCN(C(=O)CCOc3ccccc3)CC2)cc1. The molecule has 5 heteroatoms. The molecule has 1 saturated heterocycles. The summed E-state index contributed by atoms with van der Waals surface area (Å²) in [6, 6.07) is 17.1. The maximum Gasteiger partial charge on any atom is 0.226 e. The van der Waals surface area contributed by atoms with E-state index in [1.807, 2.05) is 59.5 Å². The summed E-state index contributed by atoms with van der Waals surface area (Å²) in [5.74, 6) is 0.922. The lowest BCUT2D eigenvalue weighted by Gasteiger charge is -2.36. The first-order valence-corrected chi connectivity index (χ1v) is 8.52. The second kappa shape index (κ2) is 8.33. The van der Waals surface area contributed by atoms with Crippen LogP contribution in [0.25, 0.3) is 0 Å². The van der Waals surface area contributed by atoms with Gasteiger partial charge in [-0.3, -0.25) is 9.59 Å². The zero-order chi connectivity index (χ0) is 17.5. The monoisotopic (exact) mass is 338 g/mol. The average Bonchev–Trinajstić information content (AvgIpc) is 2.69. The highest BCUT2D eigenvalue weighted by Crippen LogP contribution is 2.17. The Morgan fingerprint density at radius 2 is 1.64 bits per heavy atom. The predicted molar refractivity (Wildman–Crippen MR) is 97.2 cm³/mol. The van der Waals surface area contributed by atoms with Gasteiger partial charge in [-0.05, 0) is 36.4 Å². The van der Waals surface area contributed by atoms with Crippen molar-refractivity contribution in [3.8, 4) is 5.75 Å². The maximum absolute atomic E-state index is 12.3. The van der Waals surface area contributed by atoms with E-state index in [2.05, 4.69) is 4.90 Å². The summed E-state index contributed by atoms with van der Waals surface area (Å²) in [6.45, 7) is 3.41. The Hall–Kier alpha value is -2.82. The van der Waals surface area contributed by atoms with E-state index in [0.29, 0.717) is 31.7 Å². The Kier molecular flexibility index (Phi) is 5.67. The Labute approximate surface area is 147 Å². The molecule has 2 aromatic carbocycles. The summed E-state index contributed by atoms with van der Waals surface area (Å²) in [5, 5.41) is 0. The van der Waals surface area contributed by atoms with Crippen LogP contribution in [0, 0.1) is 0 Å². The molecule has 1 heterocycles. The highest BCUT2D eigenvalue weighted by molar-refractivity contribution is 5.77. The molecule has 0 aliphatic carbocycles. The normalized spacial score (nSPS) is 14.2. The number of carbonyl (C=O) groups is 2. The van der Waals surface area contributed by atoms with E-state index in [9.17, 15) is 9.59 Å². The molecular weight excluding hydrogens is 316 g/mol. The van der Waals surface area contributed by atoms with E-state index in [-0.39, 0.29) is 5.91 Å². The number of aldehydes is 1. The van der Waals surface area contributed by atoms with Crippen molar-refractivity contribution in [2.75, 3.05) is 37.7 Å². The number of anilines is 1. The topological polar surface area (TPSA) is 49.9 Å². The maximum atomic E-state index is 12.3.